The van der Waals surface area contributed by atoms with Gasteiger partial charge in [-0.05, 0) is 31.6 Å². The molecule has 0 bridgehead atoms. The molecule has 0 fully saturated rings. The van der Waals surface area contributed by atoms with Gasteiger partial charge in [-0.1, -0.05) is 12.1 Å². The van der Waals surface area contributed by atoms with E-state index in [0.29, 0.717) is 49.4 Å². The molecule has 1 aromatic carbocycles. The molecule has 3 atom stereocenters. The number of para-hydroxylation sites is 1. The minimum absolute atomic E-state index is 0.0500. The standard InChI is InChI=1S/C28H39NO10/c1-5-37-28-19(10-12-35-14-15-36-13-11-30)21(22-18-38-23-9-7-6-8-20(23)26(22)31)16-24(39-28)27(32)29(2)17-25(33-3)34-4/h6-9,16,18-19,21,25,28,30H,5,10-15,17H2,1-4H3/t19-,21-,28+/m1/s1. The quantitative estimate of drug-likeness (QED) is 0.246. The van der Waals surface area contributed by atoms with E-state index in [1.54, 1.807) is 37.4 Å². The Kier molecular flexibility index (Phi) is 12.4. The van der Waals surface area contributed by atoms with E-state index in [1.807, 2.05) is 6.92 Å². The highest BCUT2D eigenvalue weighted by molar-refractivity contribution is 5.91. The van der Waals surface area contributed by atoms with Crippen molar-refractivity contribution in [2.24, 2.45) is 5.92 Å². The van der Waals surface area contributed by atoms with Crippen LogP contribution in [0.4, 0.5) is 0 Å². The van der Waals surface area contributed by atoms with Gasteiger partial charge in [0.15, 0.2) is 17.5 Å². The molecule has 0 saturated heterocycles. The highest BCUT2D eigenvalue weighted by atomic mass is 16.7. The first kappa shape index (κ1) is 30.7. The monoisotopic (exact) mass is 549 g/mol. The van der Waals surface area contributed by atoms with Crippen molar-refractivity contribution in [1.82, 2.24) is 4.90 Å². The zero-order valence-corrected chi connectivity index (χ0v) is 23.0. The number of nitrogens with zero attached hydrogens (tertiary/aromatic N) is 1. The van der Waals surface area contributed by atoms with E-state index in [0.717, 1.165) is 0 Å². The highest BCUT2D eigenvalue weighted by Gasteiger charge is 2.40. The van der Waals surface area contributed by atoms with Gasteiger partial charge >= 0.3 is 0 Å². The lowest BCUT2D eigenvalue weighted by molar-refractivity contribution is -0.174. The van der Waals surface area contributed by atoms with Crippen LogP contribution in [0.2, 0.25) is 0 Å². The van der Waals surface area contributed by atoms with Crippen LogP contribution in [-0.2, 0) is 33.2 Å². The molecule has 0 spiro atoms. The zero-order chi connectivity index (χ0) is 28.2. The third-order valence-corrected chi connectivity index (χ3v) is 6.49. The minimum atomic E-state index is -0.807. The fraction of sp³-hybridized carbons (Fsp3) is 0.571. The van der Waals surface area contributed by atoms with E-state index in [1.165, 1.54) is 25.4 Å². The molecule has 1 aromatic heterocycles. The predicted octanol–water partition coefficient (Wildman–Crippen LogP) is 2.26. The third-order valence-electron chi connectivity index (χ3n) is 6.49. The molecule has 0 unspecified atom stereocenters. The van der Waals surface area contributed by atoms with E-state index >= 15 is 0 Å². The van der Waals surface area contributed by atoms with E-state index < -0.39 is 24.4 Å². The summed E-state index contributed by atoms with van der Waals surface area (Å²) in [6.45, 7) is 3.58. The molecule has 1 aliphatic rings. The molecule has 2 aromatic rings. The number of benzene rings is 1. The van der Waals surface area contributed by atoms with E-state index in [9.17, 15) is 9.59 Å². The molecule has 1 amide bonds. The summed E-state index contributed by atoms with van der Waals surface area (Å²) in [6, 6.07) is 7.03. The number of hydrogen-bond donors (Lipinski definition) is 1. The number of fused-ring (bicyclic) bond motifs is 1. The number of likely N-dealkylation sites (N-methyl/N-ethyl adjacent to an activating group) is 1. The number of carbonyl (C=O) groups is 1. The van der Waals surface area contributed by atoms with Crippen LogP contribution in [0.1, 0.15) is 24.8 Å². The second-order valence-electron chi connectivity index (χ2n) is 9.00. The first-order chi connectivity index (χ1) is 18.9. The summed E-state index contributed by atoms with van der Waals surface area (Å²) in [5.74, 6) is -1.22. The van der Waals surface area contributed by atoms with Crippen LogP contribution < -0.4 is 5.43 Å². The Balaban J connectivity index is 1.93. The van der Waals surface area contributed by atoms with Gasteiger partial charge in [0.1, 0.15) is 5.58 Å². The number of aliphatic hydroxyl groups excluding tert-OH is 1. The van der Waals surface area contributed by atoms with E-state index in [-0.39, 0.29) is 36.9 Å². The van der Waals surface area contributed by atoms with Gasteiger partial charge in [-0.2, -0.15) is 0 Å². The van der Waals surface area contributed by atoms with Gasteiger partial charge in [0.05, 0.1) is 44.6 Å². The van der Waals surface area contributed by atoms with Gasteiger partial charge in [0, 0.05) is 51.9 Å². The molecule has 11 heteroatoms. The van der Waals surface area contributed by atoms with Gasteiger partial charge in [0.25, 0.3) is 5.91 Å². The Labute approximate surface area is 228 Å². The second-order valence-corrected chi connectivity index (χ2v) is 9.00. The summed E-state index contributed by atoms with van der Waals surface area (Å²) in [7, 11) is 4.61. The normalized spacial score (nSPS) is 19.2. The van der Waals surface area contributed by atoms with Crippen LogP contribution >= 0.6 is 0 Å². The zero-order valence-electron chi connectivity index (χ0n) is 23.0. The van der Waals surface area contributed by atoms with Gasteiger partial charge in [-0.3, -0.25) is 9.59 Å². The molecule has 0 aliphatic carbocycles. The molecule has 11 nitrogen and oxygen atoms in total. The highest BCUT2D eigenvalue weighted by Crippen LogP contribution is 2.38. The fourth-order valence-corrected chi connectivity index (χ4v) is 4.46. The maximum absolute atomic E-state index is 13.6. The van der Waals surface area contributed by atoms with Crippen LogP contribution in [0.5, 0.6) is 0 Å². The Morgan fingerprint density at radius 2 is 1.82 bits per heavy atom. The lowest BCUT2D eigenvalue weighted by Gasteiger charge is -2.37. The molecule has 216 valence electrons. The average molecular weight is 550 g/mol. The van der Waals surface area contributed by atoms with Crippen molar-refractivity contribution >= 4 is 16.9 Å². The Morgan fingerprint density at radius 1 is 1.10 bits per heavy atom. The summed E-state index contributed by atoms with van der Waals surface area (Å²) in [5.41, 5.74) is 0.697. The molecule has 1 N–H and O–H groups in total. The number of methoxy groups -OCH3 is 2. The maximum Gasteiger partial charge on any atom is 0.288 e. The first-order valence-corrected chi connectivity index (χ1v) is 13.0. The number of hydrogen-bond acceptors (Lipinski definition) is 10. The SMILES string of the molecule is CCO[C@H]1OC(C(=O)N(C)CC(OC)OC)=C[C@@H](c2coc3ccccc3c2=O)[C@H]1CCOCCOCCO. The third kappa shape index (κ3) is 8.10. The van der Waals surface area contributed by atoms with Gasteiger partial charge in [0.2, 0.25) is 6.29 Å². The Morgan fingerprint density at radius 3 is 2.51 bits per heavy atom. The molecule has 3 rings (SSSR count). The molecule has 0 saturated carbocycles. The van der Waals surface area contributed by atoms with Crippen LogP contribution in [0.3, 0.4) is 0 Å². The fourth-order valence-electron chi connectivity index (χ4n) is 4.46. The van der Waals surface area contributed by atoms with Crippen LogP contribution in [0.15, 0.2) is 51.6 Å². The summed E-state index contributed by atoms with van der Waals surface area (Å²) < 4.78 is 39.3. The van der Waals surface area contributed by atoms with E-state index in [4.69, 9.17) is 37.9 Å². The van der Waals surface area contributed by atoms with Crippen molar-refractivity contribution in [3.05, 3.63) is 58.2 Å². The van der Waals surface area contributed by atoms with Crippen LogP contribution in [0.25, 0.3) is 11.0 Å². The number of ether oxygens (including phenoxy) is 6. The Bertz CT molecular complexity index is 1130. The number of allylic oxidation sites excluding steroid dienone is 1. The largest absolute Gasteiger partial charge is 0.464 e. The number of amides is 1. The van der Waals surface area contributed by atoms with Crippen molar-refractivity contribution < 1.29 is 42.7 Å². The number of aliphatic hydroxyl groups is 1. The molecule has 0 radical (unpaired) electrons. The van der Waals surface area contributed by atoms with Crippen molar-refractivity contribution in [3.63, 3.8) is 0 Å². The van der Waals surface area contributed by atoms with Crippen LogP contribution in [-0.4, -0.2) is 95.9 Å². The van der Waals surface area contributed by atoms with Crippen molar-refractivity contribution in [3.8, 4) is 0 Å². The molecular weight excluding hydrogens is 510 g/mol. The van der Waals surface area contributed by atoms with Gasteiger partial charge in [-0.25, -0.2) is 0 Å². The molecule has 1 aliphatic heterocycles. The van der Waals surface area contributed by atoms with E-state index in [2.05, 4.69) is 0 Å². The van der Waals surface area contributed by atoms with Gasteiger partial charge < -0.3 is 42.8 Å². The Hall–Kier alpha value is -2.80. The first-order valence-electron chi connectivity index (χ1n) is 13.0. The number of rotatable bonds is 16. The summed E-state index contributed by atoms with van der Waals surface area (Å²) in [5, 5.41) is 9.29. The number of carbonyl (C=O) groups excluding carboxylic acids is 1. The second kappa shape index (κ2) is 15.7. The molecule has 2 heterocycles. The minimum Gasteiger partial charge on any atom is -0.464 e. The topological polar surface area (TPSA) is 126 Å². The lowest BCUT2D eigenvalue weighted by Crippen LogP contribution is -2.42. The lowest BCUT2D eigenvalue weighted by atomic mass is 9.81. The maximum atomic E-state index is 13.6. The average Bonchev–Trinajstić information content (AvgIpc) is 2.95. The summed E-state index contributed by atoms with van der Waals surface area (Å²) in [4.78, 5) is 28.4. The van der Waals surface area contributed by atoms with Crippen molar-refractivity contribution in [2.75, 3.05) is 67.5 Å². The smallest absolute Gasteiger partial charge is 0.288 e. The summed E-state index contributed by atoms with van der Waals surface area (Å²) in [6.07, 6.45) is 2.18. The van der Waals surface area contributed by atoms with Crippen molar-refractivity contribution in [1.29, 1.82) is 0 Å². The summed E-state index contributed by atoms with van der Waals surface area (Å²) >= 11 is 0. The predicted molar refractivity (Wildman–Crippen MR) is 142 cm³/mol. The molecule has 39 heavy (non-hydrogen) atoms. The van der Waals surface area contributed by atoms with Gasteiger partial charge in [-0.15, -0.1) is 0 Å². The van der Waals surface area contributed by atoms with Crippen LogP contribution in [0, 0.1) is 5.92 Å². The molecular formula is C28H39NO10. The van der Waals surface area contributed by atoms with Crippen molar-refractivity contribution in [2.45, 2.75) is 31.8 Å².